The third kappa shape index (κ3) is 4.75. The zero-order valence-corrected chi connectivity index (χ0v) is 20.5. The highest BCUT2D eigenvalue weighted by Crippen LogP contribution is 2.41. The second-order valence-electron chi connectivity index (χ2n) is 8.60. The van der Waals surface area contributed by atoms with Crippen LogP contribution < -0.4 is 4.74 Å². The van der Waals surface area contributed by atoms with E-state index in [1.165, 1.54) is 17.0 Å². The van der Waals surface area contributed by atoms with Crippen molar-refractivity contribution in [1.29, 1.82) is 0 Å². The zero-order chi connectivity index (χ0) is 25.3. The Morgan fingerprint density at radius 2 is 1.74 bits per heavy atom. The van der Waals surface area contributed by atoms with Gasteiger partial charge < -0.3 is 19.8 Å². The molecule has 1 heterocycles. The average Bonchev–Trinajstić information content (AvgIpc) is 3.09. The molecule has 35 heavy (non-hydrogen) atoms. The van der Waals surface area contributed by atoms with Crippen molar-refractivity contribution in [3.05, 3.63) is 99.1 Å². The number of phenols is 1. The first-order valence-corrected chi connectivity index (χ1v) is 11.6. The molecule has 0 radical (unpaired) electrons. The lowest BCUT2D eigenvalue weighted by molar-refractivity contribution is -0.139. The lowest BCUT2D eigenvalue weighted by atomic mass is 9.93. The molecule has 3 aromatic carbocycles. The second-order valence-corrected chi connectivity index (χ2v) is 9.04. The summed E-state index contributed by atoms with van der Waals surface area (Å²) >= 11 is 5.98. The molecule has 1 saturated heterocycles. The molecular weight excluding hydrogens is 466 g/mol. The van der Waals surface area contributed by atoms with E-state index < -0.39 is 17.7 Å². The number of aliphatic hydroxyl groups excluding tert-OH is 1. The molecule has 0 aliphatic carbocycles. The summed E-state index contributed by atoms with van der Waals surface area (Å²) in [6.07, 6.45) is 0.486. The molecule has 6 nitrogen and oxygen atoms in total. The summed E-state index contributed by atoms with van der Waals surface area (Å²) in [6, 6.07) is 16.3. The fourth-order valence-electron chi connectivity index (χ4n) is 4.46. The van der Waals surface area contributed by atoms with Gasteiger partial charge in [-0.05, 0) is 78.9 Å². The van der Waals surface area contributed by atoms with Crippen molar-refractivity contribution in [3.63, 3.8) is 0 Å². The molecule has 4 rings (SSSR count). The molecule has 1 fully saturated rings. The number of Topliss-reactive ketones (excluding diaryl/α,β-unsaturated/α-hetero) is 1. The maximum atomic E-state index is 13.3. The molecule has 0 spiro atoms. The van der Waals surface area contributed by atoms with E-state index in [1.807, 2.05) is 19.1 Å². The number of ether oxygens (including phenoxy) is 1. The largest absolute Gasteiger partial charge is 0.508 e. The van der Waals surface area contributed by atoms with E-state index in [9.17, 15) is 19.8 Å². The Balaban J connectivity index is 1.82. The van der Waals surface area contributed by atoms with E-state index in [4.69, 9.17) is 16.3 Å². The van der Waals surface area contributed by atoms with Gasteiger partial charge >= 0.3 is 0 Å². The fraction of sp³-hybridized carbons (Fsp3) is 0.214. The minimum Gasteiger partial charge on any atom is -0.508 e. The molecular formula is C28H26ClNO5. The predicted molar refractivity (Wildman–Crippen MR) is 135 cm³/mol. The maximum Gasteiger partial charge on any atom is 0.295 e. The van der Waals surface area contributed by atoms with Crippen molar-refractivity contribution >= 4 is 29.1 Å². The van der Waals surface area contributed by atoms with E-state index in [0.717, 1.165) is 11.1 Å². The minimum atomic E-state index is -0.851. The van der Waals surface area contributed by atoms with Gasteiger partial charge in [-0.2, -0.15) is 0 Å². The van der Waals surface area contributed by atoms with Crippen LogP contribution in [0.25, 0.3) is 5.76 Å². The number of rotatable bonds is 6. The lowest BCUT2D eigenvalue weighted by Crippen LogP contribution is -2.31. The summed E-state index contributed by atoms with van der Waals surface area (Å²) in [5, 5.41) is 22.1. The molecule has 1 aliphatic heterocycles. The van der Waals surface area contributed by atoms with Crippen LogP contribution in [0.4, 0.5) is 0 Å². The number of aryl methyl sites for hydroxylation is 2. The number of methoxy groups -OCH3 is 1. The summed E-state index contributed by atoms with van der Waals surface area (Å²) in [6.45, 7) is 3.88. The minimum absolute atomic E-state index is 0.00209. The number of nitrogens with zero attached hydrogens (tertiary/aromatic N) is 1. The van der Waals surface area contributed by atoms with Crippen LogP contribution in [0.15, 0.2) is 66.2 Å². The van der Waals surface area contributed by atoms with E-state index >= 15 is 0 Å². The smallest absolute Gasteiger partial charge is 0.295 e. The van der Waals surface area contributed by atoms with Gasteiger partial charge in [0.15, 0.2) is 0 Å². The summed E-state index contributed by atoms with van der Waals surface area (Å²) in [7, 11) is 1.56. The van der Waals surface area contributed by atoms with Crippen LogP contribution in [-0.2, 0) is 16.0 Å². The van der Waals surface area contributed by atoms with Crippen molar-refractivity contribution in [3.8, 4) is 11.5 Å². The second kappa shape index (κ2) is 9.84. The third-order valence-electron chi connectivity index (χ3n) is 6.28. The number of aliphatic hydroxyl groups is 1. The van der Waals surface area contributed by atoms with E-state index in [0.29, 0.717) is 33.9 Å². The first-order valence-electron chi connectivity index (χ1n) is 11.2. The molecule has 0 aromatic heterocycles. The van der Waals surface area contributed by atoms with Crippen LogP contribution in [0, 0.1) is 13.8 Å². The molecule has 0 saturated carbocycles. The Labute approximate surface area is 209 Å². The molecule has 3 aromatic rings. The molecule has 1 unspecified atom stereocenters. The van der Waals surface area contributed by atoms with Crippen molar-refractivity contribution in [2.45, 2.75) is 26.3 Å². The van der Waals surface area contributed by atoms with Crippen molar-refractivity contribution in [2.75, 3.05) is 13.7 Å². The Kier molecular flexibility index (Phi) is 6.85. The van der Waals surface area contributed by atoms with E-state index in [2.05, 4.69) is 0 Å². The number of halogens is 1. The molecule has 1 atom stereocenters. The third-order valence-corrected chi connectivity index (χ3v) is 6.53. The zero-order valence-electron chi connectivity index (χ0n) is 19.7. The average molecular weight is 492 g/mol. The number of amides is 1. The van der Waals surface area contributed by atoms with Crippen LogP contribution in [0.1, 0.15) is 33.9 Å². The normalized spacial score (nSPS) is 17.1. The van der Waals surface area contributed by atoms with Gasteiger partial charge in [0.05, 0.1) is 18.7 Å². The van der Waals surface area contributed by atoms with Crippen LogP contribution in [0.3, 0.4) is 0 Å². The SMILES string of the molecule is COc1cc(C)c(/C(O)=C2\C(=O)C(=O)N(CCc3ccc(Cl)cc3)C2c2cccc(O)c2)cc1C. The monoisotopic (exact) mass is 491 g/mol. The number of ketones is 1. The van der Waals surface area contributed by atoms with Crippen LogP contribution in [-0.4, -0.2) is 40.5 Å². The Hall–Kier alpha value is -3.77. The number of hydrogen-bond acceptors (Lipinski definition) is 5. The predicted octanol–water partition coefficient (Wildman–Crippen LogP) is 5.34. The van der Waals surface area contributed by atoms with Gasteiger partial charge in [-0.3, -0.25) is 9.59 Å². The first-order chi connectivity index (χ1) is 16.7. The number of carbonyl (C=O) groups excluding carboxylic acids is 2. The number of aromatic hydroxyl groups is 1. The molecule has 180 valence electrons. The van der Waals surface area contributed by atoms with Gasteiger partial charge in [0.2, 0.25) is 0 Å². The molecule has 0 bridgehead atoms. The quantitative estimate of drug-likeness (QED) is 0.276. The summed E-state index contributed by atoms with van der Waals surface area (Å²) in [5.74, 6) is -1.06. The first kappa shape index (κ1) is 24.4. The summed E-state index contributed by atoms with van der Waals surface area (Å²) < 4.78 is 5.36. The standard InChI is InChI=1S/C28H26ClNO5/c1-16-14-23(35-3)17(2)13-22(16)26(32)24-25(19-5-4-6-21(31)15-19)30(28(34)27(24)33)12-11-18-7-9-20(29)10-8-18/h4-10,13-15,25,31-32H,11-12H2,1-3H3/b26-24+. The van der Waals surface area contributed by atoms with Crippen LogP contribution in [0.2, 0.25) is 5.02 Å². The van der Waals surface area contributed by atoms with Gasteiger partial charge in [-0.15, -0.1) is 0 Å². The Morgan fingerprint density at radius 1 is 1.03 bits per heavy atom. The Bertz CT molecular complexity index is 1330. The summed E-state index contributed by atoms with van der Waals surface area (Å²) in [4.78, 5) is 27.9. The fourth-order valence-corrected chi connectivity index (χ4v) is 4.59. The summed E-state index contributed by atoms with van der Waals surface area (Å²) in [5.41, 5.74) is 3.41. The van der Waals surface area contributed by atoms with Crippen molar-refractivity contribution in [2.24, 2.45) is 0 Å². The van der Waals surface area contributed by atoms with E-state index in [-0.39, 0.29) is 23.6 Å². The lowest BCUT2D eigenvalue weighted by Gasteiger charge is -2.25. The molecule has 1 amide bonds. The van der Waals surface area contributed by atoms with Gasteiger partial charge in [-0.25, -0.2) is 0 Å². The maximum absolute atomic E-state index is 13.3. The van der Waals surface area contributed by atoms with Gasteiger partial charge in [0.25, 0.3) is 11.7 Å². The van der Waals surface area contributed by atoms with Crippen molar-refractivity contribution < 1.29 is 24.5 Å². The van der Waals surface area contributed by atoms with Crippen LogP contribution >= 0.6 is 11.6 Å². The topological polar surface area (TPSA) is 87.1 Å². The number of likely N-dealkylation sites (tertiary alicyclic amines) is 1. The number of phenolic OH excluding ortho intramolecular Hbond substituents is 1. The number of carbonyl (C=O) groups is 2. The number of hydrogen-bond donors (Lipinski definition) is 2. The van der Waals surface area contributed by atoms with Gasteiger partial charge in [0.1, 0.15) is 17.3 Å². The van der Waals surface area contributed by atoms with Crippen LogP contribution in [0.5, 0.6) is 11.5 Å². The highest BCUT2D eigenvalue weighted by Gasteiger charge is 2.46. The molecule has 2 N–H and O–H groups in total. The molecule has 7 heteroatoms. The van der Waals surface area contributed by atoms with Gasteiger partial charge in [-0.1, -0.05) is 35.9 Å². The Morgan fingerprint density at radius 3 is 2.40 bits per heavy atom. The highest BCUT2D eigenvalue weighted by molar-refractivity contribution is 6.46. The highest BCUT2D eigenvalue weighted by atomic mass is 35.5. The molecule has 1 aliphatic rings. The van der Waals surface area contributed by atoms with E-state index in [1.54, 1.807) is 50.4 Å². The van der Waals surface area contributed by atoms with Gasteiger partial charge in [0, 0.05) is 17.1 Å². The number of benzene rings is 3. The van der Waals surface area contributed by atoms with Crippen molar-refractivity contribution in [1.82, 2.24) is 4.90 Å².